The number of nitrogens with zero attached hydrogens (tertiary/aromatic N) is 1. The Labute approximate surface area is 118 Å². The van der Waals surface area contributed by atoms with Crippen molar-refractivity contribution in [3.63, 3.8) is 0 Å². The molecule has 1 aromatic heterocycles. The standard InChI is InChI=1S/C12H10ClN3O4/c13-8-3-7(11(17)18)4-10(5-8)15-12(19)14-6-9-1-2-20-16-9/h1-5H,6H2,(H,17,18)(H2,14,15,19). The molecule has 0 radical (unpaired) electrons. The number of hydrogen-bond donors (Lipinski definition) is 3. The molecule has 0 saturated heterocycles. The predicted molar refractivity (Wildman–Crippen MR) is 70.8 cm³/mol. The first kappa shape index (κ1) is 13.9. The molecule has 1 aromatic carbocycles. The molecule has 2 aromatic rings. The van der Waals surface area contributed by atoms with Crippen LogP contribution in [-0.4, -0.2) is 22.3 Å². The summed E-state index contributed by atoms with van der Waals surface area (Å²) in [4.78, 5) is 22.5. The van der Waals surface area contributed by atoms with Crippen LogP contribution in [0.15, 0.2) is 35.1 Å². The fraction of sp³-hybridized carbons (Fsp3) is 0.0833. The van der Waals surface area contributed by atoms with Gasteiger partial charge in [-0.3, -0.25) is 0 Å². The Kier molecular flexibility index (Phi) is 4.21. The maximum absolute atomic E-state index is 11.6. The number of carbonyl (C=O) groups is 2. The van der Waals surface area contributed by atoms with Crippen LogP contribution in [0.3, 0.4) is 0 Å². The third-order valence-corrected chi connectivity index (χ3v) is 2.54. The molecule has 0 bridgehead atoms. The van der Waals surface area contributed by atoms with E-state index in [2.05, 4.69) is 20.3 Å². The van der Waals surface area contributed by atoms with Crippen molar-refractivity contribution in [3.8, 4) is 0 Å². The van der Waals surface area contributed by atoms with Crippen LogP contribution in [0, 0.1) is 0 Å². The van der Waals surface area contributed by atoms with Crippen molar-refractivity contribution in [2.45, 2.75) is 6.54 Å². The number of amides is 2. The maximum Gasteiger partial charge on any atom is 0.335 e. The van der Waals surface area contributed by atoms with Crippen LogP contribution in [0.25, 0.3) is 0 Å². The number of aromatic nitrogens is 1. The molecule has 0 aliphatic rings. The summed E-state index contributed by atoms with van der Waals surface area (Å²) in [6, 6.07) is 5.16. The fourth-order valence-electron chi connectivity index (χ4n) is 1.46. The lowest BCUT2D eigenvalue weighted by Gasteiger charge is -2.07. The second kappa shape index (κ2) is 6.07. The van der Waals surface area contributed by atoms with Gasteiger partial charge >= 0.3 is 12.0 Å². The number of anilines is 1. The van der Waals surface area contributed by atoms with E-state index in [1.165, 1.54) is 24.5 Å². The second-order valence-corrected chi connectivity index (χ2v) is 4.27. The molecular weight excluding hydrogens is 286 g/mol. The van der Waals surface area contributed by atoms with Gasteiger partial charge in [0.25, 0.3) is 0 Å². The van der Waals surface area contributed by atoms with Crippen molar-refractivity contribution >= 4 is 29.3 Å². The average Bonchev–Trinajstić information content (AvgIpc) is 2.88. The molecule has 0 aliphatic heterocycles. The first-order valence-electron chi connectivity index (χ1n) is 5.52. The number of hydrogen-bond acceptors (Lipinski definition) is 4. The van der Waals surface area contributed by atoms with Crippen LogP contribution in [0.1, 0.15) is 16.1 Å². The molecule has 0 atom stereocenters. The quantitative estimate of drug-likeness (QED) is 0.803. The Morgan fingerprint density at radius 2 is 2.15 bits per heavy atom. The largest absolute Gasteiger partial charge is 0.478 e. The Hall–Kier alpha value is -2.54. The number of urea groups is 1. The highest BCUT2D eigenvalue weighted by molar-refractivity contribution is 6.31. The number of carboxylic acids is 1. The molecular formula is C12H10ClN3O4. The van der Waals surface area contributed by atoms with E-state index in [9.17, 15) is 9.59 Å². The summed E-state index contributed by atoms with van der Waals surface area (Å²) in [5.74, 6) is -1.13. The highest BCUT2D eigenvalue weighted by Gasteiger charge is 2.08. The fourth-order valence-corrected chi connectivity index (χ4v) is 1.70. The molecule has 0 saturated carbocycles. The zero-order valence-electron chi connectivity index (χ0n) is 10.1. The molecule has 0 fully saturated rings. The van der Waals surface area contributed by atoms with Crippen molar-refractivity contribution in [1.29, 1.82) is 0 Å². The van der Waals surface area contributed by atoms with E-state index in [1.54, 1.807) is 6.07 Å². The number of carboxylic acid groups (broad SMARTS) is 1. The Morgan fingerprint density at radius 1 is 1.35 bits per heavy atom. The lowest BCUT2D eigenvalue weighted by Crippen LogP contribution is -2.28. The van der Waals surface area contributed by atoms with Gasteiger partial charge in [0.2, 0.25) is 0 Å². The first-order chi connectivity index (χ1) is 9.54. The molecule has 20 heavy (non-hydrogen) atoms. The average molecular weight is 296 g/mol. The lowest BCUT2D eigenvalue weighted by atomic mass is 10.2. The van der Waals surface area contributed by atoms with E-state index in [1.807, 2.05) is 0 Å². The summed E-state index contributed by atoms with van der Waals surface area (Å²) in [6.45, 7) is 0.189. The minimum absolute atomic E-state index is 0.00991. The van der Waals surface area contributed by atoms with E-state index in [4.69, 9.17) is 16.7 Å². The van der Waals surface area contributed by atoms with Gasteiger partial charge < -0.3 is 20.3 Å². The predicted octanol–water partition coefficient (Wildman–Crippen LogP) is 2.35. The van der Waals surface area contributed by atoms with Gasteiger partial charge in [0.05, 0.1) is 12.1 Å². The molecule has 8 heteroatoms. The van der Waals surface area contributed by atoms with Crippen molar-refractivity contribution in [1.82, 2.24) is 10.5 Å². The SMILES string of the molecule is O=C(NCc1ccon1)Nc1cc(Cl)cc(C(=O)O)c1. The Morgan fingerprint density at radius 3 is 2.80 bits per heavy atom. The normalized spacial score (nSPS) is 10.1. The van der Waals surface area contributed by atoms with Crippen LogP contribution >= 0.6 is 11.6 Å². The van der Waals surface area contributed by atoms with Crippen LogP contribution in [0.5, 0.6) is 0 Å². The van der Waals surface area contributed by atoms with E-state index in [-0.39, 0.29) is 22.8 Å². The van der Waals surface area contributed by atoms with E-state index in [0.717, 1.165) is 0 Å². The van der Waals surface area contributed by atoms with Crippen molar-refractivity contribution in [3.05, 3.63) is 46.8 Å². The number of benzene rings is 1. The van der Waals surface area contributed by atoms with E-state index < -0.39 is 12.0 Å². The third kappa shape index (κ3) is 3.72. The number of nitrogens with one attached hydrogen (secondary N) is 2. The summed E-state index contributed by atoms with van der Waals surface area (Å²) >= 11 is 5.78. The first-order valence-corrected chi connectivity index (χ1v) is 5.90. The highest BCUT2D eigenvalue weighted by atomic mass is 35.5. The maximum atomic E-state index is 11.6. The van der Waals surface area contributed by atoms with Gasteiger partial charge in [-0.25, -0.2) is 9.59 Å². The highest BCUT2D eigenvalue weighted by Crippen LogP contribution is 2.19. The Balaban J connectivity index is 1.98. The van der Waals surface area contributed by atoms with Crippen LogP contribution in [0.4, 0.5) is 10.5 Å². The summed E-state index contributed by atoms with van der Waals surface area (Å²) in [6.07, 6.45) is 1.39. The van der Waals surface area contributed by atoms with Crippen LogP contribution in [-0.2, 0) is 6.54 Å². The summed E-state index contributed by atoms with van der Waals surface area (Å²) in [5.41, 5.74) is 0.842. The van der Waals surface area contributed by atoms with Gasteiger partial charge in [-0.15, -0.1) is 0 Å². The number of rotatable bonds is 4. The zero-order valence-corrected chi connectivity index (χ0v) is 10.8. The third-order valence-electron chi connectivity index (χ3n) is 2.32. The molecule has 0 unspecified atom stereocenters. The number of halogens is 1. The smallest absolute Gasteiger partial charge is 0.335 e. The number of aromatic carboxylic acids is 1. The number of carbonyl (C=O) groups excluding carboxylic acids is 1. The van der Waals surface area contributed by atoms with E-state index >= 15 is 0 Å². The van der Waals surface area contributed by atoms with Gasteiger partial charge in [-0.1, -0.05) is 16.8 Å². The monoisotopic (exact) mass is 295 g/mol. The summed E-state index contributed by atoms with van der Waals surface area (Å²) < 4.78 is 4.62. The van der Waals surface area contributed by atoms with Gasteiger partial charge in [0, 0.05) is 16.8 Å². The Bertz CT molecular complexity index is 628. The zero-order chi connectivity index (χ0) is 14.5. The van der Waals surface area contributed by atoms with Crippen LogP contribution < -0.4 is 10.6 Å². The minimum atomic E-state index is -1.13. The molecule has 0 spiro atoms. The van der Waals surface area contributed by atoms with Crippen molar-refractivity contribution in [2.75, 3.05) is 5.32 Å². The molecule has 2 amide bonds. The van der Waals surface area contributed by atoms with Crippen LogP contribution in [0.2, 0.25) is 5.02 Å². The van der Waals surface area contributed by atoms with Gasteiger partial charge in [0.15, 0.2) is 0 Å². The summed E-state index contributed by atoms with van der Waals surface area (Å²) in [5, 5.41) is 17.8. The van der Waals surface area contributed by atoms with Gasteiger partial charge in [-0.05, 0) is 18.2 Å². The summed E-state index contributed by atoms with van der Waals surface area (Å²) in [7, 11) is 0. The topological polar surface area (TPSA) is 104 Å². The second-order valence-electron chi connectivity index (χ2n) is 3.83. The van der Waals surface area contributed by atoms with Crippen molar-refractivity contribution < 1.29 is 19.2 Å². The van der Waals surface area contributed by atoms with Crippen molar-refractivity contribution in [2.24, 2.45) is 0 Å². The lowest BCUT2D eigenvalue weighted by molar-refractivity contribution is 0.0697. The minimum Gasteiger partial charge on any atom is -0.478 e. The van der Waals surface area contributed by atoms with E-state index in [0.29, 0.717) is 5.69 Å². The molecule has 0 aliphatic carbocycles. The van der Waals surface area contributed by atoms with Gasteiger partial charge in [0.1, 0.15) is 12.0 Å². The molecule has 7 nitrogen and oxygen atoms in total. The molecule has 104 valence electrons. The molecule has 1 heterocycles. The van der Waals surface area contributed by atoms with Gasteiger partial charge in [-0.2, -0.15) is 0 Å². The molecule has 2 rings (SSSR count). The molecule has 3 N–H and O–H groups in total.